The van der Waals surface area contributed by atoms with Gasteiger partial charge in [-0.3, -0.25) is 9.59 Å². The van der Waals surface area contributed by atoms with Gasteiger partial charge in [-0.2, -0.15) is 0 Å². The molecule has 6 nitrogen and oxygen atoms in total. The normalized spacial score (nSPS) is 9.90. The molecule has 108 valence electrons. The van der Waals surface area contributed by atoms with Crippen molar-refractivity contribution in [1.82, 2.24) is 10.2 Å². The molecule has 20 heavy (non-hydrogen) atoms. The second-order valence-corrected chi connectivity index (χ2v) is 4.39. The molecule has 0 atom stereocenters. The van der Waals surface area contributed by atoms with E-state index in [0.717, 1.165) is 0 Å². The maximum atomic E-state index is 11.8. The zero-order valence-electron chi connectivity index (χ0n) is 11.5. The molecule has 0 aliphatic rings. The third kappa shape index (κ3) is 4.38. The summed E-state index contributed by atoms with van der Waals surface area (Å²) in [6, 6.07) is 6.58. The molecule has 0 fully saturated rings. The zero-order chi connectivity index (χ0) is 15.1. The summed E-state index contributed by atoms with van der Waals surface area (Å²) >= 11 is 0. The number of hydrogen-bond donors (Lipinski definition) is 2. The van der Waals surface area contributed by atoms with Gasteiger partial charge in [0.15, 0.2) is 0 Å². The van der Waals surface area contributed by atoms with Crippen molar-refractivity contribution in [1.29, 1.82) is 0 Å². The number of aromatic carboxylic acids is 1. The van der Waals surface area contributed by atoms with Crippen LogP contribution in [0.5, 0.6) is 0 Å². The van der Waals surface area contributed by atoms with Gasteiger partial charge in [-0.15, -0.1) is 0 Å². The average Bonchev–Trinajstić information content (AvgIpc) is 2.44. The Morgan fingerprint density at radius 3 is 2.50 bits per heavy atom. The highest BCUT2D eigenvalue weighted by atomic mass is 16.4. The number of carbonyl (C=O) groups is 3. The number of carboxylic acid groups (broad SMARTS) is 1. The average molecular weight is 278 g/mol. The van der Waals surface area contributed by atoms with Gasteiger partial charge in [0, 0.05) is 20.5 Å². The summed E-state index contributed by atoms with van der Waals surface area (Å²) in [5.74, 6) is -1.45. The first-order chi connectivity index (χ1) is 9.45. The van der Waals surface area contributed by atoms with E-state index in [2.05, 4.69) is 5.32 Å². The second kappa shape index (κ2) is 7.28. The first-order valence-electron chi connectivity index (χ1n) is 6.21. The van der Waals surface area contributed by atoms with Crippen LogP contribution in [0.15, 0.2) is 24.3 Å². The van der Waals surface area contributed by atoms with Crippen LogP contribution in [0, 0.1) is 0 Å². The van der Waals surface area contributed by atoms with Crippen LogP contribution in [-0.4, -0.2) is 48.4 Å². The van der Waals surface area contributed by atoms with Crippen molar-refractivity contribution in [2.45, 2.75) is 12.8 Å². The Kier molecular flexibility index (Phi) is 5.71. The summed E-state index contributed by atoms with van der Waals surface area (Å²) in [7, 11) is 3.05. The van der Waals surface area contributed by atoms with E-state index in [0.29, 0.717) is 12.0 Å². The number of aryl methyl sites for hydroxylation is 1. The quantitative estimate of drug-likeness (QED) is 0.794. The largest absolute Gasteiger partial charge is 0.478 e. The van der Waals surface area contributed by atoms with Gasteiger partial charge in [0.2, 0.25) is 11.8 Å². The Morgan fingerprint density at radius 1 is 1.25 bits per heavy atom. The fraction of sp³-hybridized carbons (Fsp3) is 0.357. The number of likely N-dealkylation sites (N-methyl/N-ethyl adjacent to an activating group) is 2. The minimum atomic E-state index is -1.01. The molecule has 0 saturated heterocycles. The van der Waals surface area contributed by atoms with Crippen LogP contribution < -0.4 is 5.32 Å². The molecule has 0 unspecified atom stereocenters. The Balaban J connectivity index is 2.61. The van der Waals surface area contributed by atoms with Gasteiger partial charge < -0.3 is 15.3 Å². The second-order valence-electron chi connectivity index (χ2n) is 4.39. The number of hydrogen-bond acceptors (Lipinski definition) is 3. The Hall–Kier alpha value is -2.37. The first kappa shape index (κ1) is 15.7. The number of rotatable bonds is 6. The van der Waals surface area contributed by atoms with Gasteiger partial charge in [-0.05, 0) is 18.1 Å². The SMILES string of the molecule is CNC(=O)CN(C)C(=O)CCc1ccccc1C(=O)O. The van der Waals surface area contributed by atoms with E-state index in [4.69, 9.17) is 5.11 Å². The fourth-order valence-electron chi connectivity index (χ4n) is 1.76. The lowest BCUT2D eigenvalue weighted by Crippen LogP contribution is -2.37. The van der Waals surface area contributed by atoms with E-state index in [9.17, 15) is 14.4 Å². The molecule has 0 aromatic heterocycles. The molecule has 1 aromatic carbocycles. The van der Waals surface area contributed by atoms with Crippen LogP contribution in [0.4, 0.5) is 0 Å². The van der Waals surface area contributed by atoms with Crippen molar-refractivity contribution in [3.8, 4) is 0 Å². The molecule has 1 aromatic rings. The lowest BCUT2D eigenvalue weighted by atomic mass is 10.0. The van der Waals surface area contributed by atoms with Gasteiger partial charge >= 0.3 is 5.97 Å². The molecule has 0 spiro atoms. The standard InChI is InChI=1S/C14H18N2O4/c1-15-12(17)9-16(2)13(18)8-7-10-5-3-4-6-11(10)14(19)20/h3-6H,7-9H2,1-2H3,(H,15,17)(H,19,20). The summed E-state index contributed by atoms with van der Waals surface area (Å²) in [5, 5.41) is 11.5. The molecular formula is C14H18N2O4. The predicted octanol–water partition coefficient (Wildman–Crippen LogP) is 0.522. The molecule has 2 amide bonds. The lowest BCUT2D eigenvalue weighted by Gasteiger charge is -2.16. The summed E-state index contributed by atoms with van der Waals surface area (Å²) in [6.45, 7) is -0.00406. The van der Waals surface area contributed by atoms with Gasteiger partial charge in [0.25, 0.3) is 0 Å². The zero-order valence-corrected chi connectivity index (χ0v) is 11.5. The van der Waals surface area contributed by atoms with E-state index in [1.807, 2.05) is 0 Å². The predicted molar refractivity (Wildman–Crippen MR) is 73.4 cm³/mol. The molecule has 0 aliphatic heterocycles. The minimum absolute atomic E-state index is 0.00406. The van der Waals surface area contributed by atoms with E-state index in [1.165, 1.54) is 18.0 Å². The number of benzene rings is 1. The third-order valence-electron chi connectivity index (χ3n) is 2.94. The first-order valence-corrected chi connectivity index (χ1v) is 6.21. The van der Waals surface area contributed by atoms with Crippen molar-refractivity contribution in [2.75, 3.05) is 20.6 Å². The van der Waals surface area contributed by atoms with Gasteiger partial charge in [0.05, 0.1) is 12.1 Å². The van der Waals surface area contributed by atoms with Gasteiger partial charge in [0.1, 0.15) is 0 Å². The monoisotopic (exact) mass is 278 g/mol. The molecule has 0 saturated carbocycles. The topological polar surface area (TPSA) is 86.7 Å². The molecule has 0 radical (unpaired) electrons. The summed E-state index contributed by atoms with van der Waals surface area (Å²) in [4.78, 5) is 35.4. The van der Waals surface area contributed by atoms with Crippen LogP contribution in [0.1, 0.15) is 22.3 Å². The van der Waals surface area contributed by atoms with Crippen LogP contribution in [0.3, 0.4) is 0 Å². The molecule has 1 rings (SSSR count). The highest BCUT2D eigenvalue weighted by molar-refractivity contribution is 5.89. The fourth-order valence-corrected chi connectivity index (χ4v) is 1.76. The number of nitrogens with one attached hydrogen (secondary N) is 1. The van der Waals surface area contributed by atoms with E-state index < -0.39 is 5.97 Å². The van der Waals surface area contributed by atoms with Crippen molar-refractivity contribution >= 4 is 17.8 Å². The van der Waals surface area contributed by atoms with Crippen LogP contribution in [-0.2, 0) is 16.0 Å². The van der Waals surface area contributed by atoms with Crippen molar-refractivity contribution in [3.63, 3.8) is 0 Å². The molecule has 2 N–H and O–H groups in total. The maximum absolute atomic E-state index is 11.8. The molecule has 0 aliphatic carbocycles. The molecular weight excluding hydrogens is 260 g/mol. The van der Waals surface area contributed by atoms with E-state index in [-0.39, 0.29) is 30.3 Å². The summed E-state index contributed by atoms with van der Waals surface area (Å²) < 4.78 is 0. The Labute approximate surface area is 117 Å². The third-order valence-corrected chi connectivity index (χ3v) is 2.94. The summed E-state index contributed by atoms with van der Waals surface area (Å²) in [5.41, 5.74) is 0.816. The Morgan fingerprint density at radius 2 is 1.90 bits per heavy atom. The van der Waals surface area contributed by atoms with E-state index >= 15 is 0 Å². The number of nitrogens with zero attached hydrogens (tertiary/aromatic N) is 1. The van der Waals surface area contributed by atoms with Crippen molar-refractivity contribution in [2.24, 2.45) is 0 Å². The maximum Gasteiger partial charge on any atom is 0.335 e. The van der Waals surface area contributed by atoms with Crippen LogP contribution in [0.2, 0.25) is 0 Å². The van der Waals surface area contributed by atoms with Crippen LogP contribution in [0.25, 0.3) is 0 Å². The number of amides is 2. The van der Waals surface area contributed by atoms with Crippen LogP contribution >= 0.6 is 0 Å². The lowest BCUT2D eigenvalue weighted by molar-refractivity contribution is -0.134. The Bertz CT molecular complexity index is 514. The smallest absolute Gasteiger partial charge is 0.335 e. The molecule has 6 heteroatoms. The van der Waals surface area contributed by atoms with E-state index in [1.54, 1.807) is 25.2 Å². The van der Waals surface area contributed by atoms with Crippen molar-refractivity contribution < 1.29 is 19.5 Å². The molecule has 0 bridgehead atoms. The number of carbonyl (C=O) groups excluding carboxylic acids is 2. The minimum Gasteiger partial charge on any atom is -0.478 e. The van der Waals surface area contributed by atoms with Crippen molar-refractivity contribution in [3.05, 3.63) is 35.4 Å². The van der Waals surface area contributed by atoms with Gasteiger partial charge in [-0.25, -0.2) is 4.79 Å². The highest BCUT2D eigenvalue weighted by Crippen LogP contribution is 2.11. The molecule has 0 heterocycles. The highest BCUT2D eigenvalue weighted by Gasteiger charge is 2.14. The summed E-state index contributed by atoms with van der Waals surface area (Å²) in [6.07, 6.45) is 0.497. The van der Waals surface area contributed by atoms with Gasteiger partial charge in [-0.1, -0.05) is 18.2 Å². The number of carboxylic acids is 1.